The zero-order chi connectivity index (χ0) is 8.32. The van der Waals surface area contributed by atoms with Crippen molar-refractivity contribution < 1.29 is 13.3 Å². The van der Waals surface area contributed by atoms with Gasteiger partial charge in [0.15, 0.2) is 11.1 Å². The van der Waals surface area contributed by atoms with Gasteiger partial charge in [-0.05, 0) is 0 Å². The average molecular weight is 182 g/mol. The van der Waals surface area contributed by atoms with Gasteiger partial charge in [-0.3, -0.25) is 13.3 Å². The lowest BCUT2D eigenvalue weighted by Crippen LogP contribution is -2.44. The summed E-state index contributed by atoms with van der Waals surface area (Å²) in [6, 6.07) is 0. The van der Waals surface area contributed by atoms with Crippen molar-refractivity contribution in [2.24, 2.45) is 0 Å². The molecule has 1 aliphatic rings. The molecule has 0 radical (unpaired) electrons. The number of hydrogen-bond acceptors (Lipinski definition) is 5. The maximum Gasteiger partial charge on any atom is 0.157 e. The summed E-state index contributed by atoms with van der Waals surface area (Å²) in [5.41, 5.74) is 0. The molecular formula is C5H14N2O3S. The molecular weight excluding hydrogens is 168 g/mol. The van der Waals surface area contributed by atoms with E-state index in [-0.39, 0.29) is 0 Å². The van der Waals surface area contributed by atoms with E-state index in [1.807, 2.05) is 0 Å². The van der Waals surface area contributed by atoms with Gasteiger partial charge in [0.1, 0.15) is 0 Å². The Labute approximate surface area is 68.0 Å². The average Bonchev–Trinajstić information content (AvgIpc) is 2.06. The molecule has 3 N–H and O–H groups in total. The van der Waals surface area contributed by atoms with Crippen molar-refractivity contribution in [1.29, 1.82) is 0 Å². The van der Waals surface area contributed by atoms with Crippen LogP contribution in [0.2, 0.25) is 0 Å². The first-order chi connectivity index (χ1) is 5.17. The second-order valence-electron chi connectivity index (χ2n) is 2.31. The van der Waals surface area contributed by atoms with Gasteiger partial charge in [0.05, 0.1) is 7.11 Å². The number of rotatable bonds is 2. The molecule has 1 rings (SSSR count). The van der Waals surface area contributed by atoms with Crippen molar-refractivity contribution in [1.82, 2.24) is 9.62 Å². The molecule has 0 amide bonds. The first-order valence-electron chi connectivity index (χ1n) is 3.46. The molecule has 0 aromatic heterocycles. The molecule has 0 aliphatic carbocycles. The standard InChI is InChI=1S/C5H14N2O3S/c1-10-11(8,9)7-4-2-6-3-5-7/h6,8-9H,2-5H2,1H3. The predicted molar refractivity (Wildman–Crippen MR) is 44.3 cm³/mol. The van der Waals surface area contributed by atoms with Crippen LogP contribution >= 0.6 is 11.1 Å². The number of hydrogen-bond donors (Lipinski definition) is 3. The van der Waals surface area contributed by atoms with Gasteiger partial charge >= 0.3 is 0 Å². The third kappa shape index (κ3) is 2.29. The number of nitrogens with zero attached hydrogens (tertiary/aromatic N) is 1. The van der Waals surface area contributed by atoms with Crippen LogP contribution in [0.15, 0.2) is 0 Å². The Balaban J connectivity index is 2.43. The summed E-state index contributed by atoms with van der Waals surface area (Å²) in [6.07, 6.45) is 0. The Hall–Kier alpha value is 0.150. The van der Waals surface area contributed by atoms with E-state index in [0.717, 1.165) is 13.1 Å². The molecule has 1 aliphatic heterocycles. The molecule has 0 unspecified atom stereocenters. The van der Waals surface area contributed by atoms with E-state index in [1.165, 1.54) is 7.11 Å². The normalized spacial score (nSPS) is 23.5. The Kier molecular flexibility index (Phi) is 3.11. The van der Waals surface area contributed by atoms with Gasteiger partial charge in [0.2, 0.25) is 0 Å². The predicted octanol–water partition coefficient (Wildman–Crippen LogP) is 0.119. The molecule has 0 spiro atoms. The summed E-state index contributed by atoms with van der Waals surface area (Å²) in [5, 5.41) is 3.10. The summed E-state index contributed by atoms with van der Waals surface area (Å²) in [4.78, 5) is 0. The monoisotopic (exact) mass is 182 g/mol. The van der Waals surface area contributed by atoms with Crippen molar-refractivity contribution in [2.45, 2.75) is 0 Å². The molecule has 0 atom stereocenters. The molecule has 68 valence electrons. The van der Waals surface area contributed by atoms with E-state index >= 15 is 0 Å². The SMILES string of the molecule is COS(O)(O)N1CCNCC1. The maximum absolute atomic E-state index is 9.26. The fourth-order valence-electron chi connectivity index (χ4n) is 0.988. The summed E-state index contributed by atoms with van der Waals surface area (Å²) in [7, 11) is 1.30. The first kappa shape index (κ1) is 9.24. The fourth-order valence-corrected chi connectivity index (χ4v) is 1.86. The second kappa shape index (κ2) is 3.70. The topological polar surface area (TPSA) is 65.0 Å². The molecule has 6 heteroatoms. The number of piperazine rings is 1. The van der Waals surface area contributed by atoms with Crippen molar-refractivity contribution in [3.8, 4) is 0 Å². The van der Waals surface area contributed by atoms with Crippen LogP contribution in [0.1, 0.15) is 0 Å². The summed E-state index contributed by atoms with van der Waals surface area (Å²) < 4.78 is 24.6. The summed E-state index contributed by atoms with van der Waals surface area (Å²) in [5.74, 6) is 0. The Morgan fingerprint density at radius 1 is 1.36 bits per heavy atom. The molecule has 5 nitrogen and oxygen atoms in total. The van der Waals surface area contributed by atoms with Crippen LogP contribution in [0.3, 0.4) is 0 Å². The molecule has 0 aromatic carbocycles. The lowest BCUT2D eigenvalue weighted by Gasteiger charge is -2.38. The zero-order valence-corrected chi connectivity index (χ0v) is 7.30. The largest absolute Gasteiger partial charge is 0.314 e. The van der Waals surface area contributed by atoms with Crippen LogP contribution in [-0.4, -0.2) is 46.7 Å². The van der Waals surface area contributed by atoms with E-state index < -0.39 is 11.1 Å². The van der Waals surface area contributed by atoms with Crippen LogP contribution in [0.5, 0.6) is 0 Å². The van der Waals surface area contributed by atoms with Crippen LogP contribution < -0.4 is 5.32 Å². The van der Waals surface area contributed by atoms with Crippen molar-refractivity contribution in [3.63, 3.8) is 0 Å². The van der Waals surface area contributed by atoms with E-state index in [9.17, 15) is 9.11 Å². The minimum atomic E-state index is -2.93. The van der Waals surface area contributed by atoms with Crippen LogP contribution in [0.25, 0.3) is 0 Å². The van der Waals surface area contributed by atoms with Gasteiger partial charge in [-0.15, -0.1) is 0 Å². The van der Waals surface area contributed by atoms with Gasteiger partial charge in [0, 0.05) is 26.2 Å². The molecule has 1 heterocycles. The van der Waals surface area contributed by atoms with Gasteiger partial charge < -0.3 is 5.32 Å². The minimum absolute atomic E-state index is 0.621. The van der Waals surface area contributed by atoms with E-state index in [1.54, 1.807) is 4.31 Å². The summed E-state index contributed by atoms with van der Waals surface area (Å²) >= 11 is -2.93. The van der Waals surface area contributed by atoms with E-state index in [4.69, 9.17) is 0 Å². The van der Waals surface area contributed by atoms with E-state index in [0.29, 0.717) is 13.1 Å². The first-order valence-corrected chi connectivity index (χ1v) is 4.89. The van der Waals surface area contributed by atoms with Gasteiger partial charge in [-0.2, -0.15) is 0 Å². The van der Waals surface area contributed by atoms with Crippen molar-refractivity contribution >= 4 is 11.1 Å². The Bertz CT molecular complexity index is 127. The van der Waals surface area contributed by atoms with Crippen molar-refractivity contribution in [3.05, 3.63) is 0 Å². The zero-order valence-electron chi connectivity index (χ0n) is 6.49. The summed E-state index contributed by atoms with van der Waals surface area (Å²) in [6.45, 7) is 2.80. The highest BCUT2D eigenvalue weighted by Crippen LogP contribution is 2.42. The molecule has 0 bridgehead atoms. The van der Waals surface area contributed by atoms with Crippen LogP contribution in [0, 0.1) is 0 Å². The quantitative estimate of drug-likeness (QED) is 0.566. The third-order valence-corrected chi connectivity index (χ3v) is 3.12. The van der Waals surface area contributed by atoms with Crippen LogP contribution in [-0.2, 0) is 4.18 Å². The Morgan fingerprint density at radius 3 is 2.36 bits per heavy atom. The third-order valence-electron chi connectivity index (χ3n) is 1.64. The fraction of sp³-hybridized carbons (Fsp3) is 1.00. The highest BCUT2D eigenvalue weighted by molar-refractivity contribution is 8.18. The van der Waals surface area contributed by atoms with E-state index in [2.05, 4.69) is 9.50 Å². The minimum Gasteiger partial charge on any atom is -0.314 e. The lowest BCUT2D eigenvalue weighted by molar-refractivity contribution is 0.228. The van der Waals surface area contributed by atoms with Gasteiger partial charge in [-0.25, -0.2) is 4.31 Å². The smallest absolute Gasteiger partial charge is 0.157 e. The molecule has 1 fully saturated rings. The van der Waals surface area contributed by atoms with Gasteiger partial charge in [0.25, 0.3) is 0 Å². The maximum atomic E-state index is 9.26. The second-order valence-corrected chi connectivity index (χ2v) is 4.10. The Morgan fingerprint density at radius 2 is 1.91 bits per heavy atom. The molecule has 11 heavy (non-hydrogen) atoms. The highest BCUT2D eigenvalue weighted by atomic mass is 32.3. The molecule has 1 saturated heterocycles. The highest BCUT2D eigenvalue weighted by Gasteiger charge is 2.27. The molecule has 0 aromatic rings. The number of nitrogens with one attached hydrogen (secondary N) is 1. The van der Waals surface area contributed by atoms with Crippen molar-refractivity contribution in [2.75, 3.05) is 33.3 Å². The molecule has 0 saturated carbocycles. The van der Waals surface area contributed by atoms with Gasteiger partial charge in [-0.1, -0.05) is 0 Å². The van der Waals surface area contributed by atoms with Crippen LogP contribution in [0.4, 0.5) is 0 Å². The lowest BCUT2D eigenvalue weighted by atomic mass is 10.4.